The van der Waals surface area contributed by atoms with Crippen LogP contribution in [0.2, 0.25) is 0 Å². The maximum atomic E-state index is 3.29. The predicted octanol–water partition coefficient (Wildman–Crippen LogP) is 5.82. The lowest BCUT2D eigenvalue weighted by molar-refractivity contribution is 0.566. The summed E-state index contributed by atoms with van der Waals surface area (Å²) in [6, 6.07) is 0. The highest BCUT2D eigenvalue weighted by atomic mass is 79.9. The Balaban J connectivity index is 2.85. The van der Waals surface area contributed by atoms with Crippen molar-refractivity contribution < 1.29 is 0 Å². The molecule has 0 unspecified atom stereocenters. The zero-order chi connectivity index (χ0) is 10.5. The summed E-state index contributed by atoms with van der Waals surface area (Å²) < 4.78 is 0. The Labute approximate surface area is 98.3 Å². The average molecular weight is 261 g/mol. The van der Waals surface area contributed by atoms with Crippen LogP contribution in [0.3, 0.4) is 0 Å². The molecule has 0 aliphatic heterocycles. The fourth-order valence-corrected chi connectivity index (χ4v) is 1.90. The van der Waals surface area contributed by atoms with Crippen molar-refractivity contribution in [1.29, 1.82) is 0 Å². The van der Waals surface area contributed by atoms with Gasteiger partial charge in [-0.3, -0.25) is 0 Å². The van der Waals surface area contributed by atoms with Gasteiger partial charge in [-0.15, -0.1) is 0 Å². The second-order valence-corrected chi connectivity index (χ2v) is 4.51. The molecule has 0 bridgehead atoms. The van der Waals surface area contributed by atoms with Crippen molar-refractivity contribution in [2.45, 2.75) is 71.1 Å². The van der Waals surface area contributed by atoms with E-state index in [1.165, 1.54) is 64.2 Å². The quantitative estimate of drug-likeness (QED) is 0.435. The van der Waals surface area contributed by atoms with Crippen LogP contribution in [0.4, 0.5) is 0 Å². The van der Waals surface area contributed by atoms with E-state index in [-0.39, 0.29) is 0 Å². The number of unbranched alkanes of at least 4 members (excludes halogenated alkanes) is 9. The van der Waals surface area contributed by atoms with Gasteiger partial charge in [0.1, 0.15) is 0 Å². The fourth-order valence-electron chi connectivity index (χ4n) is 1.64. The second kappa shape index (κ2) is 13.2. The lowest BCUT2D eigenvalue weighted by Crippen LogP contribution is -1.80. The number of hydrogen-bond donors (Lipinski definition) is 0. The molecule has 1 heteroatoms. The van der Waals surface area contributed by atoms with Gasteiger partial charge in [0.25, 0.3) is 0 Å². The summed E-state index contributed by atoms with van der Waals surface area (Å²) in [5.74, 6) is 0. The van der Waals surface area contributed by atoms with Crippen LogP contribution >= 0.6 is 15.9 Å². The van der Waals surface area contributed by atoms with E-state index in [9.17, 15) is 0 Å². The normalized spacial score (nSPS) is 11.3. The standard InChI is InChI=1S/C13H25Br/c1-2-3-4-5-6-7-8-9-10-11-12-13-14/h12-13H,2-11H2,1H3/b13-12-. The number of halogens is 1. The van der Waals surface area contributed by atoms with Gasteiger partial charge in [0.05, 0.1) is 0 Å². The molecule has 0 spiro atoms. The van der Waals surface area contributed by atoms with E-state index in [4.69, 9.17) is 0 Å². The Hall–Kier alpha value is 0.220. The summed E-state index contributed by atoms with van der Waals surface area (Å²) in [6.45, 7) is 2.28. The van der Waals surface area contributed by atoms with Crippen LogP contribution < -0.4 is 0 Å². The molecule has 0 aliphatic carbocycles. The van der Waals surface area contributed by atoms with Crippen LogP contribution in [0.5, 0.6) is 0 Å². The molecule has 0 rings (SSSR count). The topological polar surface area (TPSA) is 0 Å². The van der Waals surface area contributed by atoms with Crippen molar-refractivity contribution in [2.75, 3.05) is 0 Å². The summed E-state index contributed by atoms with van der Waals surface area (Å²) in [7, 11) is 0. The highest BCUT2D eigenvalue weighted by Gasteiger charge is 1.90. The zero-order valence-corrected chi connectivity index (χ0v) is 11.2. The molecule has 84 valence electrons. The van der Waals surface area contributed by atoms with Gasteiger partial charge in [-0.25, -0.2) is 0 Å². The molecule has 0 radical (unpaired) electrons. The molecule has 0 fully saturated rings. The molecule has 0 N–H and O–H groups in total. The molecule has 0 aromatic carbocycles. The van der Waals surface area contributed by atoms with Gasteiger partial charge >= 0.3 is 0 Å². The van der Waals surface area contributed by atoms with Crippen LogP contribution in [0.25, 0.3) is 0 Å². The summed E-state index contributed by atoms with van der Waals surface area (Å²) in [5, 5.41) is 0. The number of rotatable bonds is 10. The van der Waals surface area contributed by atoms with E-state index in [0.717, 1.165) is 0 Å². The molecule has 0 heterocycles. The van der Waals surface area contributed by atoms with E-state index in [2.05, 4.69) is 28.9 Å². The van der Waals surface area contributed by atoms with Crippen molar-refractivity contribution in [3.63, 3.8) is 0 Å². The maximum Gasteiger partial charge on any atom is -0.0229 e. The van der Waals surface area contributed by atoms with Gasteiger partial charge in [-0.05, 0) is 17.8 Å². The molecule has 0 aliphatic rings. The Morgan fingerprint density at radius 1 is 0.786 bits per heavy atom. The van der Waals surface area contributed by atoms with Gasteiger partial charge in [0, 0.05) is 0 Å². The molecule has 0 saturated heterocycles. The van der Waals surface area contributed by atoms with Gasteiger partial charge in [0.15, 0.2) is 0 Å². The lowest BCUT2D eigenvalue weighted by atomic mass is 10.1. The van der Waals surface area contributed by atoms with Crippen LogP contribution in [0, 0.1) is 0 Å². The van der Waals surface area contributed by atoms with Crippen molar-refractivity contribution >= 4 is 15.9 Å². The predicted molar refractivity (Wildman–Crippen MR) is 69.9 cm³/mol. The largest absolute Gasteiger partial charge is 0.0776 e. The third-order valence-corrected chi connectivity index (χ3v) is 2.94. The first-order valence-electron chi connectivity index (χ1n) is 6.17. The molecular weight excluding hydrogens is 236 g/mol. The minimum atomic E-state index is 1.24. The summed E-state index contributed by atoms with van der Waals surface area (Å²) >= 11 is 3.29. The minimum Gasteiger partial charge on any atom is -0.0776 e. The Kier molecular flexibility index (Phi) is 13.4. The van der Waals surface area contributed by atoms with E-state index in [1.807, 2.05) is 4.99 Å². The summed E-state index contributed by atoms with van der Waals surface area (Å²) in [5.41, 5.74) is 0. The zero-order valence-electron chi connectivity index (χ0n) is 9.60. The van der Waals surface area contributed by atoms with E-state index < -0.39 is 0 Å². The molecule has 14 heavy (non-hydrogen) atoms. The monoisotopic (exact) mass is 260 g/mol. The SMILES string of the molecule is CCCCCCCCCCC/C=C\Br. The summed E-state index contributed by atoms with van der Waals surface area (Å²) in [6.07, 6.45) is 16.2. The van der Waals surface area contributed by atoms with Gasteiger partial charge < -0.3 is 0 Å². The van der Waals surface area contributed by atoms with Gasteiger partial charge in [0.2, 0.25) is 0 Å². The molecule has 0 aromatic heterocycles. The van der Waals surface area contributed by atoms with Crippen LogP contribution in [-0.4, -0.2) is 0 Å². The molecule has 0 aromatic rings. The Morgan fingerprint density at radius 2 is 1.29 bits per heavy atom. The van der Waals surface area contributed by atoms with Crippen LogP contribution in [0.1, 0.15) is 71.1 Å². The van der Waals surface area contributed by atoms with Gasteiger partial charge in [-0.1, -0.05) is 80.3 Å². The maximum absolute atomic E-state index is 3.29. The Bertz CT molecular complexity index is 118. The fraction of sp³-hybridized carbons (Fsp3) is 0.846. The van der Waals surface area contributed by atoms with E-state index >= 15 is 0 Å². The molecule has 0 nitrogen and oxygen atoms in total. The Morgan fingerprint density at radius 3 is 1.79 bits per heavy atom. The average Bonchev–Trinajstić information content (AvgIpc) is 2.21. The van der Waals surface area contributed by atoms with Gasteiger partial charge in [-0.2, -0.15) is 0 Å². The minimum absolute atomic E-state index is 1.24. The number of hydrogen-bond acceptors (Lipinski definition) is 0. The van der Waals surface area contributed by atoms with Crippen LogP contribution in [-0.2, 0) is 0 Å². The second-order valence-electron chi connectivity index (χ2n) is 3.98. The number of allylic oxidation sites excluding steroid dienone is 1. The first kappa shape index (κ1) is 14.2. The van der Waals surface area contributed by atoms with Crippen molar-refractivity contribution in [2.24, 2.45) is 0 Å². The van der Waals surface area contributed by atoms with Crippen molar-refractivity contribution in [3.8, 4) is 0 Å². The molecular formula is C13H25Br. The third kappa shape index (κ3) is 12.2. The third-order valence-electron chi connectivity index (χ3n) is 2.56. The summed E-state index contributed by atoms with van der Waals surface area (Å²) in [4.78, 5) is 1.97. The first-order chi connectivity index (χ1) is 6.91. The highest BCUT2D eigenvalue weighted by molar-refractivity contribution is 9.11. The molecule has 0 saturated carbocycles. The van der Waals surface area contributed by atoms with Crippen molar-refractivity contribution in [1.82, 2.24) is 0 Å². The lowest BCUT2D eigenvalue weighted by Gasteiger charge is -2.00. The smallest absolute Gasteiger partial charge is 0.0229 e. The van der Waals surface area contributed by atoms with Crippen molar-refractivity contribution in [3.05, 3.63) is 11.1 Å². The molecule has 0 atom stereocenters. The van der Waals surface area contributed by atoms with E-state index in [1.54, 1.807) is 0 Å². The van der Waals surface area contributed by atoms with E-state index in [0.29, 0.717) is 0 Å². The van der Waals surface area contributed by atoms with Crippen LogP contribution in [0.15, 0.2) is 11.1 Å². The highest BCUT2D eigenvalue weighted by Crippen LogP contribution is 2.10. The first-order valence-corrected chi connectivity index (χ1v) is 7.08. The molecule has 0 amide bonds.